The second kappa shape index (κ2) is 4.97. The van der Waals surface area contributed by atoms with Gasteiger partial charge in [0, 0.05) is 4.70 Å². The van der Waals surface area contributed by atoms with Crippen LogP contribution in [-0.2, 0) is 0 Å². The number of nitrogens with two attached hydrogens (primary N) is 1. The Morgan fingerprint density at radius 2 is 1.89 bits per heavy atom. The molecule has 1 amide bonds. The highest BCUT2D eigenvalue weighted by molar-refractivity contribution is 7.21. The highest BCUT2D eigenvalue weighted by Crippen LogP contribution is 2.43. The molecular weight excluding hydrogens is 254 g/mol. The quantitative estimate of drug-likeness (QED) is 0.871. The first kappa shape index (κ1) is 12.7. The number of primary amides is 1. The lowest BCUT2D eigenvalue weighted by atomic mass is 9.78. The third kappa shape index (κ3) is 2.27. The van der Waals surface area contributed by atoms with Crippen LogP contribution in [-0.4, -0.2) is 5.91 Å². The summed E-state index contributed by atoms with van der Waals surface area (Å²) in [6, 6.07) is 8.29. The Balaban J connectivity index is 2.09. The molecule has 0 bridgehead atoms. The fourth-order valence-corrected chi connectivity index (χ4v) is 4.34. The first-order valence-corrected chi connectivity index (χ1v) is 7.79. The van der Waals surface area contributed by atoms with Gasteiger partial charge in [0.05, 0.1) is 4.88 Å². The maximum absolute atomic E-state index is 11.7. The van der Waals surface area contributed by atoms with E-state index >= 15 is 0 Å². The van der Waals surface area contributed by atoms with Gasteiger partial charge < -0.3 is 5.73 Å². The van der Waals surface area contributed by atoms with Crippen LogP contribution >= 0.6 is 11.3 Å². The standard InChI is InChI=1S/C16H19NOS/c1-10-6-8-11(9-7-10)14-12-4-2-3-5-13(12)19-15(14)16(17)18/h2-5,10-11H,6-9H2,1H3,(H2,17,18). The van der Waals surface area contributed by atoms with E-state index < -0.39 is 0 Å². The molecule has 1 heterocycles. The number of amides is 1. The van der Waals surface area contributed by atoms with E-state index in [2.05, 4.69) is 25.1 Å². The molecule has 0 saturated heterocycles. The van der Waals surface area contributed by atoms with Crippen molar-refractivity contribution in [3.8, 4) is 0 Å². The van der Waals surface area contributed by atoms with E-state index in [1.54, 1.807) is 11.3 Å². The second-order valence-electron chi connectivity index (χ2n) is 5.66. The molecule has 1 aliphatic carbocycles. The van der Waals surface area contributed by atoms with Gasteiger partial charge in [0.2, 0.25) is 0 Å². The lowest BCUT2D eigenvalue weighted by Gasteiger charge is -2.26. The highest BCUT2D eigenvalue weighted by atomic mass is 32.1. The number of carbonyl (C=O) groups is 1. The van der Waals surface area contributed by atoms with Gasteiger partial charge in [-0.3, -0.25) is 4.79 Å². The largest absolute Gasteiger partial charge is 0.365 e. The van der Waals surface area contributed by atoms with Gasteiger partial charge in [-0.2, -0.15) is 0 Å². The fraction of sp³-hybridized carbons (Fsp3) is 0.438. The summed E-state index contributed by atoms with van der Waals surface area (Å²) in [4.78, 5) is 12.5. The molecular formula is C16H19NOS. The van der Waals surface area contributed by atoms with E-state index in [4.69, 9.17) is 5.73 Å². The van der Waals surface area contributed by atoms with Gasteiger partial charge in [0.15, 0.2) is 0 Å². The van der Waals surface area contributed by atoms with Crippen LogP contribution in [0.1, 0.15) is 53.8 Å². The summed E-state index contributed by atoms with van der Waals surface area (Å²) in [5.74, 6) is 1.06. The highest BCUT2D eigenvalue weighted by Gasteiger charge is 2.26. The first-order chi connectivity index (χ1) is 9.16. The first-order valence-electron chi connectivity index (χ1n) is 6.98. The second-order valence-corrected chi connectivity index (χ2v) is 6.71. The molecule has 2 nitrogen and oxygen atoms in total. The predicted octanol–water partition coefficient (Wildman–Crippen LogP) is 4.29. The fourth-order valence-electron chi connectivity index (χ4n) is 3.20. The molecule has 0 aliphatic heterocycles. The molecule has 0 unspecified atom stereocenters. The minimum Gasteiger partial charge on any atom is -0.365 e. The molecule has 3 rings (SSSR count). The van der Waals surface area contributed by atoms with Gasteiger partial charge in [0.25, 0.3) is 5.91 Å². The molecule has 3 heteroatoms. The van der Waals surface area contributed by atoms with Crippen LogP contribution in [0.3, 0.4) is 0 Å². The molecule has 0 radical (unpaired) electrons. The Labute approximate surface area is 117 Å². The number of hydrogen-bond donors (Lipinski definition) is 1. The van der Waals surface area contributed by atoms with E-state index in [0.717, 1.165) is 10.8 Å². The van der Waals surface area contributed by atoms with Crippen molar-refractivity contribution in [2.24, 2.45) is 11.7 Å². The Morgan fingerprint density at radius 3 is 2.58 bits per heavy atom. The van der Waals surface area contributed by atoms with Crippen LogP contribution in [0.25, 0.3) is 10.1 Å². The third-order valence-electron chi connectivity index (χ3n) is 4.28. The van der Waals surface area contributed by atoms with E-state index in [0.29, 0.717) is 5.92 Å². The van der Waals surface area contributed by atoms with Crippen LogP contribution in [0, 0.1) is 5.92 Å². The molecule has 1 aromatic carbocycles. The molecule has 100 valence electrons. The monoisotopic (exact) mass is 273 g/mol. The van der Waals surface area contributed by atoms with Gasteiger partial charge in [-0.25, -0.2) is 0 Å². The van der Waals surface area contributed by atoms with Crippen molar-refractivity contribution in [2.45, 2.75) is 38.5 Å². The summed E-state index contributed by atoms with van der Waals surface area (Å²) in [5.41, 5.74) is 6.81. The number of benzene rings is 1. The van der Waals surface area contributed by atoms with E-state index in [1.165, 1.54) is 41.3 Å². The molecule has 1 aromatic heterocycles. The summed E-state index contributed by atoms with van der Waals surface area (Å²) < 4.78 is 1.19. The molecule has 0 spiro atoms. The maximum atomic E-state index is 11.7. The average molecular weight is 273 g/mol. The Bertz CT molecular complexity index is 608. The zero-order valence-electron chi connectivity index (χ0n) is 11.2. The topological polar surface area (TPSA) is 43.1 Å². The summed E-state index contributed by atoms with van der Waals surface area (Å²) in [6.07, 6.45) is 4.88. The molecule has 19 heavy (non-hydrogen) atoms. The smallest absolute Gasteiger partial charge is 0.259 e. The van der Waals surface area contributed by atoms with Crippen molar-refractivity contribution in [3.63, 3.8) is 0 Å². The van der Waals surface area contributed by atoms with Crippen LogP contribution in [0.5, 0.6) is 0 Å². The molecule has 1 fully saturated rings. The van der Waals surface area contributed by atoms with Gasteiger partial charge >= 0.3 is 0 Å². The minimum absolute atomic E-state index is 0.269. The lowest BCUT2D eigenvalue weighted by molar-refractivity contribution is 0.100. The van der Waals surface area contributed by atoms with Crippen molar-refractivity contribution in [1.82, 2.24) is 0 Å². The normalized spacial score (nSPS) is 23.6. The molecule has 2 N–H and O–H groups in total. The zero-order valence-corrected chi connectivity index (χ0v) is 12.0. The van der Waals surface area contributed by atoms with Crippen LogP contribution in [0.2, 0.25) is 0 Å². The van der Waals surface area contributed by atoms with E-state index in [9.17, 15) is 4.79 Å². The average Bonchev–Trinajstić information content (AvgIpc) is 2.79. The Morgan fingerprint density at radius 1 is 1.21 bits per heavy atom. The van der Waals surface area contributed by atoms with Crippen LogP contribution < -0.4 is 5.73 Å². The lowest BCUT2D eigenvalue weighted by Crippen LogP contribution is -2.16. The van der Waals surface area contributed by atoms with Gasteiger partial charge in [-0.05, 0) is 41.7 Å². The van der Waals surface area contributed by atoms with Crippen molar-refractivity contribution in [2.75, 3.05) is 0 Å². The maximum Gasteiger partial charge on any atom is 0.259 e. The molecule has 2 aromatic rings. The summed E-state index contributed by atoms with van der Waals surface area (Å²) in [5, 5.41) is 1.24. The SMILES string of the molecule is CC1CCC(c2c(C(N)=O)sc3ccccc23)CC1. The number of rotatable bonds is 2. The van der Waals surface area contributed by atoms with Crippen molar-refractivity contribution < 1.29 is 4.79 Å². The van der Waals surface area contributed by atoms with Crippen molar-refractivity contribution in [1.29, 1.82) is 0 Å². The zero-order chi connectivity index (χ0) is 13.4. The number of hydrogen-bond acceptors (Lipinski definition) is 2. The molecule has 0 atom stereocenters. The van der Waals surface area contributed by atoms with Gasteiger partial charge in [-0.1, -0.05) is 38.0 Å². The third-order valence-corrected chi connectivity index (χ3v) is 5.48. The minimum atomic E-state index is -0.269. The Kier molecular flexibility index (Phi) is 3.31. The number of thiophene rings is 1. The van der Waals surface area contributed by atoms with Crippen LogP contribution in [0.15, 0.2) is 24.3 Å². The number of fused-ring (bicyclic) bond motifs is 1. The van der Waals surface area contributed by atoms with Crippen molar-refractivity contribution >= 4 is 27.3 Å². The number of carbonyl (C=O) groups excluding carboxylic acids is 1. The van der Waals surface area contributed by atoms with E-state index in [-0.39, 0.29) is 5.91 Å². The van der Waals surface area contributed by atoms with Crippen molar-refractivity contribution in [3.05, 3.63) is 34.7 Å². The summed E-state index contributed by atoms with van der Waals surface area (Å²) >= 11 is 1.55. The summed E-state index contributed by atoms with van der Waals surface area (Å²) in [6.45, 7) is 2.32. The predicted molar refractivity (Wildman–Crippen MR) is 80.7 cm³/mol. The van der Waals surface area contributed by atoms with Gasteiger partial charge in [0.1, 0.15) is 0 Å². The molecule has 1 saturated carbocycles. The summed E-state index contributed by atoms with van der Waals surface area (Å²) in [7, 11) is 0. The molecule has 1 aliphatic rings. The van der Waals surface area contributed by atoms with Gasteiger partial charge in [-0.15, -0.1) is 11.3 Å². The van der Waals surface area contributed by atoms with Crippen LogP contribution in [0.4, 0.5) is 0 Å². The van der Waals surface area contributed by atoms with E-state index in [1.807, 2.05) is 6.07 Å². The Hall–Kier alpha value is -1.35.